The molecule has 2 aromatic heterocycles. The number of H-pyrrole nitrogens is 1. The molecule has 1 saturated heterocycles. The lowest BCUT2D eigenvalue weighted by Gasteiger charge is -2.40. The summed E-state index contributed by atoms with van der Waals surface area (Å²) in [5.74, 6) is -0.213. The van der Waals surface area contributed by atoms with Gasteiger partial charge in [-0.15, -0.1) is 0 Å². The van der Waals surface area contributed by atoms with Crippen molar-refractivity contribution >= 4 is 16.8 Å². The standard InChI is InChI=1S/C22H27N5O2/c1-15-16-6-4-5-7-17(16)26-20(15)18-12-23-13-19(25-18)21(28)24-14-22(2,3)27-8-10-29-11-9-27/h4-7,12-13,26H,8-11,14H2,1-3H3,(H,24,28). The SMILES string of the molecule is Cc1c(-c2cncc(C(=O)NCC(C)(C)N3CCOCC3)n2)[nH]c2ccccc12. The fourth-order valence-electron chi connectivity index (χ4n) is 3.80. The number of hydrogen-bond acceptors (Lipinski definition) is 5. The molecule has 0 aliphatic carbocycles. The monoisotopic (exact) mass is 393 g/mol. The van der Waals surface area contributed by atoms with Gasteiger partial charge in [0, 0.05) is 36.1 Å². The highest BCUT2D eigenvalue weighted by atomic mass is 16.5. The number of aryl methyl sites for hydroxylation is 1. The summed E-state index contributed by atoms with van der Waals surface area (Å²) in [7, 11) is 0. The summed E-state index contributed by atoms with van der Waals surface area (Å²) in [5.41, 5.74) is 3.86. The minimum absolute atomic E-state index is 0.155. The molecule has 2 N–H and O–H groups in total. The number of aromatic amines is 1. The molecule has 0 bridgehead atoms. The van der Waals surface area contributed by atoms with Crippen molar-refractivity contribution in [2.75, 3.05) is 32.8 Å². The van der Waals surface area contributed by atoms with E-state index in [2.05, 4.69) is 45.1 Å². The van der Waals surface area contributed by atoms with Crippen LogP contribution >= 0.6 is 0 Å². The third-order valence-electron chi connectivity index (χ3n) is 5.64. The van der Waals surface area contributed by atoms with Gasteiger partial charge in [-0.05, 0) is 32.4 Å². The van der Waals surface area contributed by atoms with Gasteiger partial charge in [-0.3, -0.25) is 14.7 Å². The van der Waals surface area contributed by atoms with E-state index in [1.165, 1.54) is 6.20 Å². The third kappa shape index (κ3) is 4.02. The van der Waals surface area contributed by atoms with Gasteiger partial charge in [-0.25, -0.2) is 4.98 Å². The van der Waals surface area contributed by atoms with Gasteiger partial charge in [0.25, 0.3) is 5.91 Å². The van der Waals surface area contributed by atoms with Crippen LogP contribution in [-0.2, 0) is 4.74 Å². The zero-order chi connectivity index (χ0) is 20.4. The van der Waals surface area contributed by atoms with Gasteiger partial charge in [0.2, 0.25) is 0 Å². The van der Waals surface area contributed by atoms with E-state index >= 15 is 0 Å². The minimum Gasteiger partial charge on any atom is -0.379 e. The van der Waals surface area contributed by atoms with Crippen molar-refractivity contribution in [3.63, 3.8) is 0 Å². The number of carbonyl (C=O) groups excluding carboxylic acids is 1. The first-order valence-electron chi connectivity index (χ1n) is 9.96. The molecule has 1 amide bonds. The van der Waals surface area contributed by atoms with Crippen LogP contribution in [0.3, 0.4) is 0 Å². The Morgan fingerprint density at radius 1 is 1.24 bits per heavy atom. The number of para-hydroxylation sites is 1. The molecule has 29 heavy (non-hydrogen) atoms. The van der Waals surface area contributed by atoms with Crippen LogP contribution in [0.5, 0.6) is 0 Å². The van der Waals surface area contributed by atoms with E-state index < -0.39 is 0 Å². The number of nitrogens with one attached hydrogen (secondary N) is 2. The Kier molecular flexibility index (Phi) is 5.34. The summed E-state index contributed by atoms with van der Waals surface area (Å²) in [6, 6.07) is 8.11. The molecule has 152 valence electrons. The van der Waals surface area contributed by atoms with Crippen LogP contribution in [0, 0.1) is 6.92 Å². The van der Waals surface area contributed by atoms with Crippen molar-refractivity contribution in [3.05, 3.63) is 47.9 Å². The fraction of sp³-hybridized carbons (Fsp3) is 0.409. The van der Waals surface area contributed by atoms with Crippen LogP contribution in [-0.4, -0.2) is 64.1 Å². The Morgan fingerprint density at radius 3 is 2.76 bits per heavy atom. The summed E-state index contributed by atoms with van der Waals surface area (Å²) < 4.78 is 5.43. The fourth-order valence-corrected chi connectivity index (χ4v) is 3.80. The minimum atomic E-state index is -0.213. The summed E-state index contributed by atoms with van der Waals surface area (Å²) in [6.07, 6.45) is 3.20. The summed E-state index contributed by atoms with van der Waals surface area (Å²) in [6.45, 7) is 10.1. The number of nitrogens with zero attached hydrogens (tertiary/aromatic N) is 3. The van der Waals surface area contributed by atoms with Gasteiger partial charge >= 0.3 is 0 Å². The number of ether oxygens (including phenoxy) is 1. The molecule has 1 aromatic carbocycles. The number of hydrogen-bond donors (Lipinski definition) is 2. The van der Waals surface area contributed by atoms with Gasteiger partial charge in [0.05, 0.1) is 31.3 Å². The Balaban J connectivity index is 1.50. The van der Waals surface area contributed by atoms with Crippen molar-refractivity contribution in [3.8, 4) is 11.4 Å². The van der Waals surface area contributed by atoms with E-state index in [0.717, 1.165) is 48.5 Å². The molecule has 1 fully saturated rings. The first-order chi connectivity index (χ1) is 14.0. The van der Waals surface area contributed by atoms with Crippen LogP contribution in [0.25, 0.3) is 22.3 Å². The lowest BCUT2D eigenvalue weighted by molar-refractivity contribution is -0.00924. The molecule has 0 radical (unpaired) electrons. The normalized spacial score (nSPS) is 15.6. The third-order valence-corrected chi connectivity index (χ3v) is 5.64. The molecule has 7 heteroatoms. The van der Waals surface area contributed by atoms with Gasteiger partial charge in [0.1, 0.15) is 11.4 Å². The lowest BCUT2D eigenvalue weighted by atomic mass is 10.0. The van der Waals surface area contributed by atoms with Gasteiger partial charge in [-0.1, -0.05) is 18.2 Å². The maximum atomic E-state index is 12.7. The molecule has 1 aliphatic heterocycles. The van der Waals surface area contributed by atoms with Crippen LogP contribution in [0.15, 0.2) is 36.7 Å². The number of morpholine rings is 1. The zero-order valence-electron chi connectivity index (χ0n) is 17.2. The summed E-state index contributed by atoms with van der Waals surface area (Å²) >= 11 is 0. The number of aromatic nitrogens is 3. The molecule has 4 rings (SSSR count). The average Bonchev–Trinajstić information content (AvgIpc) is 3.10. The number of benzene rings is 1. The molecule has 0 unspecified atom stereocenters. The van der Waals surface area contributed by atoms with Crippen molar-refractivity contribution in [2.24, 2.45) is 0 Å². The second-order valence-electron chi connectivity index (χ2n) is 8.05. The molecule has 3 heterocycles. The Hall–Kier alpha value is -2.77. The van der Waals surface area contributed by atoms with E-state index in [4.69, 9.17) is 4.74 Å². The molecular formula is C22H27N5O2. The van der Waals surface area contributed by atoms with Crippen LogP contribution in [0.2, 0.25) is 0 Å². The van der Waals surface area contributed by atoms with E-state index in [-0.39, 0.29) is 11.4 Å². The molecule has 0 saturated carbocycles. The topological polar surface area (TPSA) is 83.1 Å². The molecule has 3 aromatic rings. The van der Waals surface area contributed by atoms with E-state index in [1.54, 1.807) is 6.20 Å². The van der Waals surface area contributed by atoms with Crippen molar-refractivity contribution in [1.29, 1.82) is 0 Å². The highest BCUT2D eigenvalue weighted by molar-refractivity contribution is 5.93. The van der Waals surface area contributed by atoms with Crippen molar-refractivity contribution in [2.45, 2.75) is 26.3 Å². The highest BCUT2D eigenvalue weighted by Crippen LogP contribution is 2.28. The molecule has 0 spiro atoms. The van der Waals surface area contributed by atoms with E-state index in [9.17, 15) is 4.79 Å². The van der Waals surface area contributed by atoms with Gasteiger partial charge in [0.15, 0.2) is 0 Å². The second kappa shape index (κ2) is 7.93. The number of carbonyl (C=O) groups is 1. The number of amides is 1. The van der Waals surface area contributed by atoms with E-state index in [0.29, 0.717) is 17.9 Å². The second-order valence-corrected chi connectivity index (χ2v) is 8.05. The maximum Gasteiger partial charge on any atom is 0.271 e. The molecule has 1 aliphatic rings. The van der Waals surface area contributed by atoms with E-state index in [1.807, 2.05) is 25.1 Å². The largest absolute Gasteiger partial charge is 0.379 e. The first kappa shape index (κ1) is 19.5. The van der Waals surface area contributed by atoms with Gasteiger partial charge < -0.3 is 15.0 Å². The Bertz CT molecular complexity index is 1020. The molecule has 0 atom stereocenters. The summed E-state index contributed by atoms with van der Waals surface area (Å²) in [4.78, 5) is 27.3. The average molecular weight is 393 g/mol. The Labute approximate surface area is 170 Å². The van der Waals surface area contributed by atoms with Crippen LogP contribution in [0.4, 0.5) is 0 Å². The van der Waals surface area contributed by atoms with Gasteiger partial charge in [-0.2, -0.15) is 0 Å². The lowest BCUT2D eigenvalue weighted by Crippen LogP contribution is -2.55. The smallest absolute Gasteiger partial charge is 0.271 e. The highest BCUT2D eigenvalue weighted by Gasteiger charge is 2.29. The van der Waals surface area contributed by atoms with Crippen LogP contribution < -0.4 is 5.32 Å². The maximum absolute atomic E-state index is 12.7. The number of rotatable bonds is 5. The zero-order valence-corrected chi connectivity index (χ0v) is 17.2. The quantitative estimate of drug-likeness (QED) is 0.696. The molecular weight excluding hydrogens is 366 g/mol. The number of fused-ring (bicyclic) bond motifs is 1. The predicted octanol–water partition coefficient (Wildman–Crippen LogP) is 2.77. The van der Waals surface area contributed by atoms with Crippen molar-refractivity contribution < 1.29 is 9.53 Å². The summed E-state index contributed by atoms with van der Waals surface area (Å²) in [5, 5.41) is 4.17. The Morgan fingerprint density at radius 2 is 2.00 bits per heavy atom. The van der Waals surface area contributed by atoms with Crippen molar-refractivity contribution in [1.82, 2.24) is 25.2 Å². The first-order valence-corrected chi connectivity index (χ1v) is 9.96. The predicted molar refractivity (Wildman–Crippen MR) is 113 cm³/mol. The molecule has 7 nitrogen and oxygen atoms in total. The van der Waals surface area contributed by atoms with Crippen LogP contribution in [0.1, 0.15) is 29.9 Å².